The van der Waals surface area contributed by atoms with E-state index in [4.69, 9.17) is 9.47 Å². The normalized spacial score (nSPS) is 39.7. The number of piperidine rings is 1. The summed E-state index contributed by atoms with van der Waals surface area (Å²) in [4.78, 5) is 27.6. The van der Waals surface area contributed by atoms with Gasteiger partial charge in [0.15, 0.2) is 0 Å². The van der Waals surface area contributed by atoms with Crippen LogP contribution in [0.25, 0.3) is 0 Å². The highest BCUT2D eigenvalue weighted by Crippen LogP contribution is 2.66. The number of fused-ring (bicyclic) bond motifs is 5. The molecule has 4 rings (SSSR count). The van der Waals surface area contributed by atoms with Crippen molar-refractivity contribution >= 4 is 11.9 Å². The van der Waals surface area contributed by atoms with E-state index in [2.05, 4.69) is 39.5 Å². The highest BCUT2D eigenvalue weighted by Gasteiger charge is 2.62. The fourth-order valence-corrected chi connectivity index (χ4v) is 9.75. The molecule has 216 valence electrons. The molecule has 1 heterocycles. The number of rotatable bonds is 8. The van der Waals surface area contributed by atoms with Gasteiger partial charge in [0.1, 0.15) is 5.70 Å². The molecule has 0 amide bonds. The van der Waals surface area contributed by atoms with Crippen LogP contribution in [0.4, 0.5) is 0 Å². The van der Waals surface area contributed by atoms with Crippen molar-refractivity contribution in [3.8, 4) is 0 Å². The van der Waals surface area contributed by atoms with Gasteiger partial charge in [-0.25, -0.2) is 9.59 Å². The summed E-state index contributed by atoms with van der Waals surface area (Å²) in [6.45, 7) is 12.8. The quantitative estimate of drug-likeness (QED) is 0.307. The van der Waals surface area contributed by atoms with Crippen LogP contribution in [0.1, 0.15) is 98.8 Å². The molecule has 1 N–H and O–H groups in total. The molecule has 6 heteroatoms. The van der Waals surface area contributed by atoms with Crippen molar-refractivity contribution in [1.29, 1.82) is 0 Å². The highest BCUT2D eigenvalue weighted by molar-refractivity contribution is 5.95. The number of nitrogens with zero attached hydrogens (tertiary/aromatic N) is 1. The SMILES string of the molecule is COC(=O)/C=C(/C(=O)OC)N1CC2C(CC[C@@]3(C)C2CC[C@@H]3C(C)CCCC(C)C)[C@@]2(C)CC[C@H](O)CC12. The second-order valence-electron chi connectivity index (χ2n) is 14.1. The second kappa shape index (κ2) is 11.5. The zero-order valence-electron chi connectivity index (χ0n) is 25.0. The number of hydrogen-bond acceptors (Lipinski definition) is 6. The average Bonchev–Trinajstić information content (AvgIpc) is 3.24. The van der Waals surface area contributed by atoms with Crippen molar-refractivity contribution in [2.75, 3.05) is 20.8 Å². The maximum Gasteiger partial charge on any atom is 0.354 e. The molecule has 0 aromatic heterocycles. The Hall–Kier alpha value is -1.56. The first kappa shape index (κ1) is 29.4. The number of ether oxygens (including phenoxy) is 2. The van der Waals surface area contributed by atoms with Crippen LogP contribution in [0, 0.1) is 46.3 Å². The summed E-state index contributed by atoms with van der Waals surface area (Å²) >= 11 is 0. The smallest absolute Gasteiger partial charge is 0.354 e. The van der Waals surface area contributed by atoms with E-state index >= 15 is 0 Å². The Morgan fingerprint density at radius 1 is 0.974 bits per heavy atom. The van der Waals surface area contributed by atoms with Gasteiger partial charge in [-0.05, 0) is 91.3 Å². The van der Waals surface area contributed by atoms with E-state index in [1.807, 2.05) is 0 Å². The lowest BCUT2D eigenvalue weighted by atomic mass is 9.47. The average molecular weight is 532 g/mol. The summed E-state index contributed by atoms with van der Waals surface area (Å²) in [5.41, 5.74) is 0.583. The summed E-state index contributed by atoms with van der Waals surface area (Å²) < 4.78 is 10.1. The van der Waals surface area contributed by atoms with Gasteiger partial charge in [-0.15, -0.1) is 0 Å². The zero-order chi connectivity index (χ0) is 27.8. The van der Waals surface area contributed by atoms with E-state index in [-0.39, 0.29) is 23.3 Å². The number of esters is 2. The Kier molecular flexibility index (Phi) is 8.91. The van der Waals surface area contributed by atoms with Gasteiger partial charge in [0, 0.05) is 12.6 Å². The van der Waals surface area contributed by atoms with E-state index in [1.165, 1.54) is 65.2 Å². The molecule has 1 saturated heterocycles. The number of carbonyl (C=O) groups excluding carboxylic acids is 2. The first-order valence-corrected chi connectivity index (χ1v) is 15.3. The summed E-state index contributed by atoms with van der Waals surface area (Å²) in [6, 6.07) is -0.000908. The fraction of sp³-hybridized carbons (Fsp3) is 0.875. The van der Waals surface area contributed by atoms with Crippen LogP contribution in [0.3, 0.4) is 0 Å². The van der Waals surface area contributed by atoms with Crippen molar-refractivity contribution < 1.29 is 24.2 Å². The minimum atomic E-state index is -0.546. The monoisotopic (exact) mass is 531 g/mol. The minimum Gasteiger partial charge on any atom is -0.466 e. The third-order valence-corrected chi connectivity index (χ3v) is 11.7. The predicted octanol–water partition coefficient (Wildman–Crippen LogP) is 5.97. The van der Waals surface area contributed by atoms with E-state index < -0.39 is 11.9 Å². The van der Waals surface area contributed by atoms with Crippen LogP contribution in [0.15, 0.2) is 11.8 Å². The van der Waals surface area contributed by atoms with Gasteiger partial charge < -0.3 is 19.5 Å². The van der Waals surface area contributed by atoms with Gasteiger partial charge in [-0.2, -0.15) is 0 Å². The summed E-state index contributed by atoms with van der Waals surface area (Å²) in [5.74, 6) is 2.85. The van der Waals surface area contributed by atoms with Crippen molar-refractivity contribution in [2.45, 2.75) is 111 Å². The molecule has 3 aliphatic carbocycles. The van der Waals surface area contributed by atoms with E-state index in [9.17, 15) is 14.7 Å². The lowest BCUT2D eigenvalue weighted by Crippen LogP contribution is -2.65. The van der Waals surface area contributed by atoms with Crippen LogP contribution >= 0.6 is 0 Å². The summed E-state index contributed by atoms with van der Waals surface area (Å²) in [5, 5.41) is 10.7. The van der Waals surface area contributed by atoms with Gasteiger partial charge >= 0.3 is 11.9 Å². The third kappa shape index (κ3) is 5.28. The lowest BCUT2D eigenvalue weighted by molar-refractivity contribution is -0.159. The molecule has 1 aliphatic heterocycles. The van der Waals surface area contributed by atoms with Crippen LogP contribution in [0.5, 0.6) is 0 Å². The van der Waals surface area contributed by atoms with Gasteiger partial charge in [0.05, 0.1) is 26.4 Å². The molecule has 0 bridgehead atoms. The molecular weight excluding hydrogens is 478 g/mol. The third-order valence-electron chi connectivity index (χ3n) is 11.7. The Morgan fingerprint density at radius 2 is 1.66 bits per heavy atom. The molecule has 38 heavy (non-hydrogen) atoms. The molecule has 5 unspecified atom stereocenters. The molecular formula is C32H53NO5. The number of likely N-dealkylation sites (tertiary alicyclic amines) is 1. The molecule has 4 fully saturated rings. The molecule has 3 saturated carbocycles. The number of hydrogen-bond donors (Lipinski definition) is 1. The van der Waals surface area contributed by atoms with Crippen molar-refractivity contribution in [1.82, 2.24) is 4.90 Å². The highest BCUT2D eigenvalue weighted by atomic mass is 16.5. The van der Waals surface area contributed by atoms with Crippen LogP contribution < -0.4 is 0 Å². The largest absolute Gasteiger partial charge is 0.466 e. The van der Waals surface area contributed by atoms with E-state index in [0.717, 1.165) is 37.1 Å². The van der Waals surface area contributed by atoms with Gasteiger partial charge in [-0.3, -0.25) is 0 Å². The van der Waals surface area contributed by atoms with E-state index in [1.54, 1.807) is 0 Å². The second-order valence-corrected chi connectivity index (χ2v) is 14.1. The maximum absolute atomic E-state index is 13.1. The predicted molar refractivity (Wildman–Crippen MR) is 149 cm³/mol. The standard InChI is InChI=1S/C32H53NO5/c1-20(2)9-8-10-21(3)24-11-12-25-23-19-33(27(30(36)38-7)18-29(35)37-6)28-17-22(34)13-15-32(28,5)26(23)14-16-31(24,25)4/h18,20-26,28,34H,8-17,19H2,1-7H3/b27-18-/t21?,22-,23?,24+,25?,26?,28?,31+,32+/m0/s1. The maximum atomic E-state index is 13.1. The summed E-state index contributed by atoms with van der Waals surface area (Å²) in [7, 11) is 2.71. The number of aliphatic hydroxyl groups excluding tert-OH is 1. The van der Waals surface area contributed by atoms with Gasteiger partial charge in [0.2, 0.25) is 0 Å². The molecule has 0 aromatic rings. The zero-order valence-corrected chi connectivity index (χ0v) is 25.0. The molecule has 0 radical (unpaired) electrons. The molecule has 6 nitrogen and oxygen atoms in total. The van der Waals surface area contributed by atoms with Crippen molar-refractivity contribution in [2.24, 2.45) is 46.3 Å². The van der Waals surface area contributed by atoms with Gasteiger partial charge in [0.25, 0.3) is 0 Å². The number of carbonyl (C=O) groups is 2. The Balaban J connectivity index is 1.66. The Bertz CT molecular complexity index is 900. The number of methoxy groups -OCH3 is 2. The Labute approximate surface area is 230 Å². The fourth-order valence-electron chi connectivity index (χ4n) is 9.75. The van der Waals surface area contributed by atoms with Gasteiger partial charge in [-0.1, -0.05) is 53.9 Å². The first-order chi connectivity index (χ1) is 18.0. The first-order valence-electron chi connectivity index (χ1n) is 15.3. The van der Waals surface area contributed by atoms with Crippen molar-refractivity contribution in [3.63, 3.8) is 0 Å². The molecule has 0 aromatic carbocycles. The van der Waals surface area contributed by atoms with Crippen LogP contribution in [-0.4, -0.2) is 54.9 Å². The van der Waals surface area contributed by atoms with E-state index in [0.29, 0.717) is 29.6 Å². The summed E-state index contributed by atoms with van der Waals surface area (Å²) in [6.07, 6.45) is 12.3. The molecule has 9 atom stereocenters. The number of aliphatic hydroxyl groups is 1. The Morgan fingerprint density at radius 3 is 2.32 bits per heavy atom. The molecule has 0 spiro atoms. The minimum absolute atomic E-state index is 0.000908. The van der Waals surface area contributed by atoms with Crippen LogP contribution in [0.2, 0.25) is 0 Å². The molecule has 4 aliphatic rings. The topological polar surface area (TPSA) is 76.1 Å². The van der Waals surface area contributed by atoms with Crippen molar-refractivity contribution in [3.05, 3.63) is 11.8 Å². The lowest BCUT2D eigenvalue weighted by Gasteiger charge is -2.64. The van der Waals surface area contributed by atoms with Crippen LogP contribution in [-0.2, 0) is 19.1 Å².